The molecule has 0 bridgehead atoms. The van der Waals surface area contributed by atoms with Crippen LogP contribution in [-0.4, -0.2) is 19.6 Å². The normalized spacial score (nSPS) is 17.1. The first-order valence-corrected chi connectivity index (χ1v) is 7.25. The van der Waals surface area contributed by atoms with Crippen LogP contribution in [0, 0.1) is 11.3 Å². The molecular formula is C16H25N3O. The van der Waals surface area contributed by atoms with E-state index in [1.165, 1.54) is 19.3 Å². The second-order valence-corrected chi connectivity index (χ2v) is 6.12. The van der Waals surface area contributed by atoms with Crippen molar-refractivity contribution in [1.29, 1.82) is 0 Å². The van der Waals surface area contributed by atoms with Crippen molar-refractivity contribution in [2.75, 3.05) is 19.0 Å². The third kappa shape index (κ3) is 3.89. The first-order chi connectivity index (χ1) is 9.54. The fraction of sp³-hybridized carbons (Fsp3) is 0.562. The summed E-state index contributed by atoms with van der Waals surface area (Å²) in [6, 6.07) is 7.71. The molecule has 20 heavy (non-hydrogen) atoms. The van der Waals surface area contributed by atoms with Crippen LogP contribution in [0.15, 0.2) is 29.3 Å². The summed E-state index contributed by atoms with van der Waals surface area (Å²) >= 11 is 0. The number of nitrogens with one attached hydrogen (secondary N) is 1. The van der Waals surface area contributed by atoms with Crippen molar-refractivity contribution in [3.8, 4) is 5.75 Å². The Hall–Kier alpha value is -1.71. The highest BCUT2D eigenvalue weighted by molar-refractivity contribution is 5.93. The van der Waals surface area contributed by atoms with E-state index in [9.17, 15) is 0 Å². The number of para-hydroxylation sites is 2. The standard InChI is InChI=1S/C16H25N3O/c1-12(2)10-16(8-9-16)11-18-15(17)19-13-6-4-5-7-14(13)20-3/h4-7,12H,8-11H2,1-3H3,(H3,17,18,19). The zero-order valence-electron chi connectivity index (χ0n) is 12.6. The minimum absolute atomic E-state index is 0.404. The van der Waals surface area contributed by atoms with Gasteiger partial charge in [-0.15, -0.1) is 0 Å². The molecule has 1 fully saturated rings. The predicted molar refractivity (Wildman–Crippen MR) is 84.2 cm³/mol. The summed E-state index contributed by atoms with van der Waals surface area (Å²) < 4.78 is 5.28. The van der Waals surface area contributed by atoms with Crippen molar-refractivity contribution < 1.29 is 4.74 Å². The summed E-state index contributed by atoms with van der Waals surface area (Å²) in [5.74, 6) is 1.95. The van der Waals surface area contributed by atoms with Crippen LogP contribution in [0.3, 0.4) is 0 Å². The van der Waals surface area contributed by atoms with Gasteiger partial charge >= 0.3 is 0 Å². The van der Waals surface area contributed by atoms with Crippen LogP contribution in [0.2, 0.25) is 0 Å². The molecule has 0 spiro atoms. The van der Waals surface area contributed by atoms with E-state index in [4.69, 9.17) is 10.5 Å². The van der Waals surface area contributed by atoms with Crippen LogP contribution in [-0.2, 0) is 0 Å². The van der Waals surface area contributed by atoms with Crippen LogP contribution < -0.4 is 15.8 Å². The van der Waals surface area contributed by atoms with E-state index in [1.54, 1.807) is 7.11 Å². The first kappa shape index (κ1) is 14.7. The van der Waals surface area contributed by atoms with Crippen LogP contribution >= 0.6 is 0 Å². The van der Waals surface area contributed by atoms with Crippen molar-refractivity contribution in [3.63, 3.8) is 0 Å². The van der Waals surface area contributed by atoms with E-state index in [-0.39, 0.29) is 0 Å². The number of methoxy groups -OCH3 is 1. The van der Waals surface area contributed by atoms with Gasteiger partial charge in [-0.25, -0.2) is 0 Å². The lowest BCUT2D eigenvalue weighted by molar-refractivity contribution is 0.399. The minimum Gasteiger partial charge on any atom is -0.495 e. The Labute approximate surface area is 121 Å². The van der Waals surface area contributed by atoms with E-state index in [2.05, 4.69) is 24.2 Å². The van der Waals surface area contributed by atoms with Crippen molar-refractivity contribution in [2.45, 2.75) is 33.1 Å². The van der Waals surface area contributed by atoms with E-state index in [0.29, 0.717) is 11.4 Å². The third-order valence-electron chi connectivity index (χ3n) is 3.75. The minimum atomic E-state index is 0.404. The summed E-state index contributed by atoms with van der Waals surface area (Å²) in [5.41, 5.74) is 7.23. The van der Waals surface area contributed by atoms with Gasteiger partial charge in [0.1, 0.15) is 5.75 Å². The van der Waals surface area contributed by atoms with Crippen LogP contribution in [0.5, 0.6) is 5.75 Å². The Balaban J connectivity index is 1.94. The highest BCUT2D eigenvalue weighted by Gasteiger charge is 2.42. The van der Waals surface area contributed by atoms with Gasteiger partial charge in [0.2, 0.25) is 0 Å². The van der Waals surface area contributed by atoms with Crippen molar-refractivity contribution in [2.24, 2.45) is 22.1 Å². The van der Waals surface area contributed by atoms with Crippen molar-refractivity contribution >= 4 is 11.6 Å². The number of guanidine groups is 1. The number of hydrogen-bond donors (Lipinski definition) is 2. The maximum absolute atomic E-state index is 5.98. The van der Waals surface area contributed by atoms with Gasteiger partial charge in [0.05, 0.1) is 12.8 Å². The van der Waals surface area contributed by atoms with E-state index in [1.807, 2.05) is 24.3 Å². The Bertz CT molecular complexity index is 478. The molecule has 0 aromatic heterocycles. The zero-order chi connectivity index (χ0) is 14.6. The number of benzene rings is 1. The topological polar surface area (TPSA) is 59.6 Å². The summed E-state index contributed by atoms with van der Waals surface area (Å²) in [6.45, 7) is 5.35. The molecule has 1 aromatic carbocycles. The maximum atomic E-state index is 5.98. The van der Waals surface area contributed by atoms with Crippen LogP contribution in [0.25, 0.3) is 0 Å². The number of aliphatic imine (C=N–C) groups is 1. The molecule has 4 heteroatoms. The third-order valence-corrected chi connectivity index (χ3v) is 3.75. The maximum Gasteiger partial charge on any atom is 0.193 e. The molecule has 3 N–H and O–H groups in total. The van der Waals surface area contributed by atoms with Gasteiger partial charge in [-0.1, -0.05) is 26.0 Å². The molecule has 0 radical (unpaired) electrons. The molecule has 1 aromatic rings. The fourth-order valence-corrected chi connectivity index (χ4v) is 2.65. The summed E-state index contributed by atoms with van der Waals surface area (Å²) in [7, 11) is 1.65. The second kappa shape index (κ2) is 6.16. The van der Waals surface area contributed by atoms with Crippen LogP contribution in [0.4, 0.5) is 5.69 Å². The largest absolute Gasteiger partial charge is 0.495 e. The quantitative estimate of drug-likeness (QED) is 0.619. The van der Waals surface area contributed by atoms with Gasteiger partial charge in [0.25, 0.3) is 0 Å². The molecule has 4 nitrogen and oxygen atoms in total. The molecular weight excluding hydrogens is 250 g/mol. The Morgan fingerprint density at radius 1 is 1.40 bits per heavy atom. The molecule has 0 amide bonds. The van der Waals surface area contributed by atoms with Crippen LogP contribution in [0.1, 0.15) is 33.1 Å². The SMILES string of the molecule is COc1ccccc1NC(N)=NCC1(CC(C)C)CC1. The molecule has 0 unspecified atom stereocenters. The zero-order valence-corrected chi connectivity index (χ0v) is 12.6. The van der Waals surface area contributed by atoms with Gasteiger partial charge in [-0.05, 0) is 42.7 Å². The smallest absolute Gasteiger partial charge is 0.193 e. The highest BCUT2D eigenvalue weighted by atomic mass is 16.5. The van der Waals surface area contributed by atoms with Gasteiger partial charge in [-0.3, -0.25) is 4.99 Å². The molecule has 2 rings (SSSR count). The lowest BCUT2D eigenvalue weighted by atomic mass is 9.94. The molecule has 0 aliphatic heterocycles. The number of ether oxygens (including phenoxy) is 1. The molecule has 0 atom stereocenters. The van der Waals surface area contributed by atoms with E-state index >= 15 is 0 Å². The molecule has 1 saturated carbocycles. The monoisotopic (exact) mass is 275 g/mol. The average Bonchev–Trinajstić information content (AvgIpc) is 3.16. The number of nitrogens with two attached hydrogens (primary N) is 1. The Morgan fingerprint density at radius 3 is 2.70 bits per heavy atom. The predicted octanol–water partition coefficient (Wildman–Crippen LogP) is 3.25. The molecule has 1 aliphatic carbocycles. The fourth-order valence-electron chi connectivity index (χ4n) is 2.65. The lowest BCUT2D eigenvalue weighted by Gasteiger charge is -2.16. The molecule has 1 aliphatic rings. The molecule has 110 valence electrons. The second-order valence-electron chi connectivity index (χ2n) is 6.12. The molecule has 0 heterocycles. The van der Waals surface area contributed by atoms with Gasteiger partial charge < -0.3 is 15.8 Å². The first-order valence-electron chi connectivity index (χ1n) is 7.25. The van der Waals surface area contributed by atoms with Gasteiger partial charge in [-0.2, -0.15) is 0 Å². The van der Waals surface area contributed by atoms with Gasteiger partial charge in [0.15, 0.2) is 5.96 Å². The number of rotatable bonds is 6. The van der Waals surface area contributed by atoms with E-state index in [0.717, 1.165) is 23.9 Å². The summed E-state index contributed by atoms with van der Waals surface area (Å²) in [5, 5.41) is 3.12. The Morgan fingerprint density at radius 2 is 2.10 bits per heavy atom. The number of anilines is 1. The van der Waals surface area contributed by atoms with E-state index < -0.39 is 0 Å². The Kier molecular flexibility index (Phi) is 4.53. The summed E-state index contributed by atoms with van der Waals surface area (Å²) in [4.78, 5) is 4.51. The summed E-state index contributed by atoms with van der Waals surface area (Å²) in [6.07, 6.45) is 3.78. The lowest BCUT2D eigenvalue weighted by Crippen LogP contribution is -2.24. The van der Waals surface area contributed by atoms with Crippen molar-refractivity contribution in [3.05, 3.63) is 24.3 Å². The highest BCUT2D eigenvalue weighted by Crippen LogP contribution is 2.50. The number of nitrogens with zero attached hydrogens (tertiary/aromatic N) is 1. The molecule has 0 saturated heterocycles. The average molecular weight is 275 g/mol. The van der Waals surface area contributed by atoms with Crippen molar-refractivity contribution in [1.82, 2.24) is 0 Å². The number of hydrogen-bond acceptors (Lipinski definition) is 2. The van der Waals surface area contributed by atoms with Gasteiger partial charge in [0, 0.05) is 6.54 Å².